The Bertz CT molecular complexity index is 1080. The number of hydrogen-bond acceptors (Lipinski definition) is 7. The zero-order valence-corrected chi connectivity index (χ0v) is 17.7. The van der Waals surface area contributed by atoms with Crippen LogP contribution in [0.15, 0.2) is 53.5 Å². The van der Waals surface area contributed by atoms with Crippen LogP contribution in [0.2, 0.25) is 0 Å². The number of nitrogens with zero attached hydrogens (tertiary/aromatic N) is 3. The molecule has 0 aromatic heterocycles. The molecule has 2 aliphatic rings. The molecule has 1 heterocycles. The minimum atomic E-state index is -4.62. The smallest absolute Gasteiger partial charge is 0.408 e. The highest BCUT2D eigenvalue weighted by atomic mass is 32.2. The summed E-state index contributed by atoms with van der Waals surface area (Å²) in [5, 5.41) is 21.1. The van der Waals surface area contributed by atoms with Gasteiger partial charge in [0.1, 0.15) is 6.04 Å². The second-order valence-corrected chi connectivity index (χ2v) is 9.07. The summed E-state index contributed by atoms with van der Waals surface area (Å²) in [4.78, 5) is 40.0. The van der Waals surface area contributed by atoms with E-state index < -0.39 is 56.2 Å². The van der Waals surface area contributed by atoms with E-state index in [0.717, 1.165) is 17.0 Å². The van der Waals surface area contributed by atoms with E-state index in [-0.39, 0.29) is 12.5 Å². The van der Waals surface area contributed by atoms with E-state index in [0.29, 0.717) is 22.9 Å². The van der Waals surface area contributed by atoms with Crippen molar-refractivity contribution >= 4 is 27.7 Å². The number of sulfonamides is 1. The summed E-state index contributed by atoms with van der Waals surface area (Å²) in [5.41, 5.74) is 5.18. The van der Waals surface area contributed by atoms with Crippen molar-refractivity contribution in [1.82, 2.24) is 9.37 Å². The van der Waals surface area contributed by atoms with Crippen molar-refractivity contribution in [3.8, 4) is 0 Å². The standard InChI is InChI=1S/C19H22N4O8S/c1-2-9-31-23(32(29,30)16-6-4-3-5-15(16)22(27)28)13-10-14(12-7-8-12)17(18(20)24)21(11-13)19(25)26/h2-6,10,12-13,17H,1,7-9,11H2,(H2,20,24)(H,25,26). The molecule has 0 bridgehead atoms. The Labute approximate surface area is 183 Å². The molecule has 2 amide bonds. The number of nitro groups is 1. The number of primary amides is 1. The first-order valence-corrected chi connectivity index (χ1v) is 11.1. The average molecular weight is 466 g/mol. The summed E-state index contributed by atoms with van der Waals surface area (Å²) in [6.07, 6.45) is 2.66. The summed E-state index contributed by atoms with van der Waals surface area (Å²) in [7, 11) is -4.62. The van der Waals surface area contributed by atoms with Gasteiger partial charge in [0.25, 0.3) is 15.7 Å². The quantitative estimate of drug-likeness (QED) is 0.311. The van der Waals surface area contributed by atoms with Gasteiger partial charge in [-0.3, -0.25) is 24.6 Å². The fourth-order valence-electron chi connectivity index (χ4n) is 3.66. The third-order valence-electron chi connectivity index (χ3n) is 5.13. The molecule has 172 valence electrons. The Morgan fingerprint density at radius 3 is 2.56 bits per heavy atom. The molecule has 1 aromatic rings. The van der Waals surface area contributed by atoms with Gasteiger partial charge >= 0.3 is 6.09 Å². The van der Waals surface area contributed by atoms with E-state index in [1.54, 1.807) is 0 Å². The van der Waals surface area contributed by atoms with Crippen LogP contribution in [0.1, 0.15) is 12.8 Å². The molecule has 1 saturated carbocycles. The number of para-hydroxylation sites is 1. The lowest BCUT2D eigenvalue weighted by molar-refractivity contribution is -0.387. The third-order valence-corrected chi connectivity index (χ3v) is 6.88. The van der Waals surface area contributed by atoms with Crippen molar-refractivity contribution in [2.24, 2.45) is 11.7 Å². The van der Waals surface area contributed by atoms with Crippen LogP contribution in [0, 0.1) is 16.0 Å². The van der Waals surface area contributed by atoms with Crippen LogP contribution in [0.3, 0.4) is 0 Å². The Kier molecular flexibility index (Phi) is 6.62. The summed E-state index contributed by atoms with van der Waals surface area (Å²) in [6.45, 7) is 2.74. The average Bonchev–Trinajstić information content (AvgIpc) is 3.58. The fourth-order valence-corrected chi connectivity index (χ4v) is 5.19. The molecule has 12 nitrogen and oxygen atoms in total. The molecule has 32 heavy (non-hydrogen) atoms. The van der Waals surface area contributed by atoms with Crippen LogP contribution in [0.5, 0.6) is 0 Å². The topological polar surface area (TPSA) is 173 Å². The summed E-state index contributed by atoms with van der Waals surface area (Å²) in [6, 6.07) is 2.32. The lowest BCUT2D eigenvalue weighted by Crippen LogP contribution is -2.57. The minimum Gasteiger partial charge on any atom is -0.465 e. The number of rotatable bonds is 9. The highest BCUT2D eigenvalue weighted by Crippen LogP contribution is 2.42. The van der Waals surface area contributed by atoms with E-state index in [4.69, 9.17) is 10.6 Å². The minimum absolute atomic E-state index is 0.118. The van der Waals surface area contributed by atoms with Crippen molar-refractivity contribution in [3.63, 3.8) is 0 Å². The second-order valence-electron chi connectivity index (χ2n) is 7.32. The molecule has 13 heteroatoms. The molecule has 0 radical (unpaired) electrons. The summed E-state index contributed by atoms with van der Waals surface area (Å²) < 4.78 is 27.4. The number of benzene rings is 1. The largest absolute Gasteiger partial charge is 0.465 e. The molecule has 1 fully saturated rings. The monoisotopic (exact) mass is 466 g/mol. The van der Waals surface area contributed by atoms with E-state index in [9.17, 15) is 33.2 Å². The highest BCUT2D eigenvalue weighted by Gasteiger charge is 2.46. The predicted octanol–water partition coefficient (Wildman–Crippen LogP) is 1.26. The van der Waals surface area contributed by atoms with Gasteiger partial charge in [0, 0.05) is 12.6 Å². The van der Waals surface area contributed by atoms with Crippen LogP contribution in [0.4, 0.5) is 10.5 Å². The number of nitro benzene ring substituents is 1. The zero-order chi connectivity index (χ0) is 23.6. The van der Waals surface area contributed by atoms with Gasteiger partial charge in [0.05, 0.1) is 17.6 Å². The molecule has 1 aliphatic heterocycles. The van der Waals surface area contributed by atoms with Crippen molar-refractivity contribution in [3.05, 3.63) is 58.7 Å². The SMILES string of the molecule is C=CCON(C1C=C(C2CC2)C(C(N)=O)N(C(=O)O)C1)S(=O)(=O)c1ccccc1[N+](=O)[O-]. The predicted molar refractivity (Wildman–Crippen MR) is 111 cm³/mol. The van der Waals surface area contributed by atoms with Crippen LogP contribution >= 0.6 is 0 Å². The highest BCUT2D eigenvalue weighted by molar-refractivity contribution is 7.89. The molecule has 0 saturated heterocycles. The van der Waals surface area contributed by atoms with Crippen LogP contribution in [-0.2, 0) is 19.7 Å². The van der Waals surface area contributed by atoms with Crippen LogP contribution in [0.25, 0.3) is 0 Å². The molecule has 2 unspecified atom stereocenters. The van der Waals surface area contributed by atoms with Gasteiger partial charge < -0.3 is 10.8 Å². The van der Waals surface area contributed by atoms with E-state index in [2.05, 4.69) is 6.58 Å². The Balaban J connectivity index is 2.13. The molecule has 3 rings (SSSR count). The lowest BCUT2D eigenvalue weighted by Gasteiger charge is -2.39. The molecule has 3 N–H and O–H groups in total. The van der Waals surface area contributed by atoms with Crippen molar-refractivity contribution in [2.75, 3.05) is 13.2 Å². The number of nitrogens with two attached hydrogens (primary N) is 1. The molecule has 0 spiro atoms. The first-order chi connectivity index (χ1) is 15.1. The molecular weight excluding hydrogens is 444 g/mol. The van der Waals surface area contributed by atoms with E-state index in [1.807, 2.05) is 0 Å². The zero-order valence-electron chi connectivity index (χ0n) is 16.9. The van der Waals surface area contributed by atoms with Crippen molar-refractivity contribution < 1.29 is 32.9 Å². The van der Waals surface area contributed by atoms with Crippen LogP contribution in [-0.4, -0.2) is 65.1 Å². The van der Waals surface area contributed by atoms with Crippen molar-refractivity contribution in [1.29, 1.82) is 0 Å². The number of carboxylic acid groups (broad SMARTS) is 1. The van der Waals surface area contributed by atoms with Gasteiger partial charge in [-0.2, -0.15) is 0 Å². The van der Waals surface area contributed by atoms with Gasteiger partial charge in [-0.25, -0.2) is 13.2 Å². The number of carbonyl (C=O) groups excluding carboxylic acids is 1. The first-order valence-electron chi connectivity index (χ1n) is 9.61. The van der Waals surface area contributed by atoms with Gasteiger partial charge in [0.2, 0.25) is 5.91 Å². The van der Waals surface area contributed by atoms with Gasteiger partial charge in [-0.05, 0) is 30.4 Å². The van der Waals surface area contributed by atoms with E-state index >= 15 is 0 Å². The molecule has 1 aliphatic carbocycles. The Morgan fingerprint density at radius 2 is 2.03 bits per heavy atom. The molecule has 1 aromatic carbocycles. The van der Waals surface area contributed by atoms with Gasteiger partial charge in [-0.15, -0.1) is 6.58 Å². The number of hydrogen-bond donors (Lipinski definition) is 2. The van der Waals surface area contributed by atoms with Crippen molar-refractivity contribution in [2.45, 2.75) is 29.8 Å². The Morgan fingerprint density at radius 1 is 1.38 bits per heavy atom. The van der Waals surface area contributed by atoms with Gasteiger partial charge in [0.15, 0.2) is 4.90 Å². The number of hydroxylamine groups is 1. The molecular formula is C19H22N4O8S. The maximum Gasteiger partial charge on any atom is 0.408 e. The third kappa shape index (κ3) is 4.49. The fraction of sp³-hybridized carbons (Fsp3) is 0.368. The molecule has 2 atom stereocenters. The summed E-state index contributed by atoms with van der Waals surface area (Å²) >= 11 is 0. The van der Waals surface area contributed by atoms with E-state index in [1.165, 1.54) is 24.3 Å². The summed E-state index contributed by atoms with van der Waals surface area (Å²) in [5.74, 6) is -0.990. The number of amides is 2. The van der Waals surface area contributed by atoms with Gasteiger partial charge in [-0.1, -0.05) is 28.8 Å². The normalized spacial score (nSPS) is 21.2. The maximum absolute atomic E-state index is 13.4. The lowest BCUT2D eigenvalue weighted by atomic mass is 9.93. The Hall–Kier alpha value is -3.29. The first kappa shape index (κ1) is 23.4. The second kappa shape index (κ2) is 9.06. The number of carbonyl (C=O) groups is 2. The maximum atomic E-state index is 13.4. The van der Waals surface area contributed by atoms with Crippen LogP contribution < -0.4 is 5.73 Å².